The highest BCUT2D eigenvalue weighted by Crippen LogP contribution is 2.43. The lowest BCUT2D eigenvalue weighted by Crippen LogP contribution is -2.45. The molecule has 1 amide bonds. The molecule has 3 unspecified atom stereocenters. The first-order valence-corrected chi connectivity index (χ1v) is 32.8. The normalized spacial score (nSPS) is 14.3. The minimum absolute atomic E-state index is 0.0563. The molecule has 74 heavy (non-hydrogen) atoms. The Hall–Kier alpha value is -2.06. The molecule has 9 heteroatoms. The summed E-state index contributed by atoms with van der Waals surface area (Å²) in [6.07, 6.45) is 77.8. The first kappa shape index (κ1) is 71.9. The molecule has 0 aliphatic rings. The van der Waals surface area contributed by atoms with E-state index in [0.717, 1.165) is 64.2 Å². The van der Waals surface area contributed by atoms with Gasteiger partial charge in [0.15, 0.2) is 0 Å². The predicted octanol–water partition coefficient (Wildman–Crippen LogP) is 19.4. The van der Waals surface area contributed by atoms with Gasteiger partial charge in [0.25, 0.3) is 0 Å². The molecule has 0 heterocycles. The number of carbonyl (C=O) groups excluding carboxylic acids is 1. The number of aliphatic hydroxyl groups excluding tert-OH is 1. The second-order valence-electron chi connectivity index (χ2n) is 22.4. The molecular weight excluding hydrogens is 936 g/mol. The average molecular weight is 1060 g/mol. The van der Waals surface area contributed by atoms with Crippen molar-refractivity contribution in [2.24, 2.45) is 0 Å². The summed E-state index contributed by atoms with van der Waals surface area (Å²) in [5, 5.41) is 13.8. The fourth-order valence-corrected chi connectivity index (χ4v) is 9.79. The molecule has 0 spiro atoms. The van der Waals surface area contributed by atoms with Crippen LogP contribution >= 0.6 is 7.82 Å². The molecule has 0 fully saturated rings. The molecule has 0 aromatic heterocycles. The van der Waals surface area contributed by atoms with Crippen molar-refractivity contribution < 1.29 is 32.9 Å². The molecule has 0 rings (SSSR count). The van der Waals surface area contributed by atoms with Crippen molar-refractivity contribution >= 4 is 13.7 Å². The van der Waals surface area contributed by atoms with E-state index in [2.05, 4.69) is 79.9 Å². The molecule has 0 aliphatic carbocycles. The van der Waals surface area contributed by atoms with Gasteiger partial charge in [0.2, 0.25) is 5.91 Å². The number of amides is 1. The number of hydrogen-bond donors (Lipinski definition) is 3. The number of allylic oxidation sites excluding steroid dienone is 11. The van der Waals surface area contributed by atoms with Crippen LogP contribution in [0.25, 0.3) is 0 Å². The van der Waals surface area contributed by atoms with Crippen LogP contribution in [0.1, 0.15) is 284 Å². The number of phosphoric ester groups is 1. The maximum absolute atomic E-state index is 12.9. The van der Waals surface area contributed by atoms with Crippen LogP contribution in [0.3, 0.4) is 0 Å². The van der Waals surface area contributed by atoms with Gasteiger partial charge in [-0.3, -0.25) is 13.8 Å². The highest BCUT2D eigenvalue weighted by Gasteiger charge is 2.27. The monoisotopic (exact) mass is 1060 g/mol. The van der Waals surface area contributed by atoms with Gasteiger partial charge in [-0.05, 0) is 70.6 Å². The lowest BCUT2D eigenvalue weighted by Gasteiger charge is -2.25. The van der Waals surface area contributed by atoms with Crippen LogP contribution in [0.4, 0.5) is 0 Å². The molecule has 0 bridgehead atoms. The fraction of sp³-hybridized carbons (Fsp3) is 0.800. The van der Waals surface area contributed by atoms with Crippen molar-refractivity contribution in [2.45, 2.75) is 296 Å². The second kappa shape index (κ2) is 55.7. The van der Waals surface area contributed by atoms with Crippen LogP contribution in [0, 0.1) is 0 Å². The first-order valence-electron chi connectivity index (χ1n) is 31.3. The lowest BCUT2D eigenvalue weighted by atomic mass is 10.0. The summed E-state index contributed by atoms with van der Waals surface area (Å²) >= 11 is 0. The Bertz CT molecular complexity index is 1430. The fourth-order valence-electron chi connectivity index (χ4n) is 9.05. The van der Waals surface area contributed by atoms with E-state index >= 15 is 0 Å². The lowest BCUT2D eigenvalue weighted by molar-refractivity contribution is -0.870. The molecule has 3 atom stereocenters. The number of hydrogen-bond acceptors (Lipinski definition) is 5. The van der Waals surface area contributed by atoms with Gasteiger partial charge in [-0.15, -0.1) is 0 Å². The van der Waals surface area contributed by atoms with Crippen molar-refractivity contribution in [3.63, 3.8) is 0 Å². The van der Waals surface area contributed by atoms with Crippen molar-refractivity contribution in [1.29, 1.82) is 0 Å². The van der Waals surface area contributed by atoms with E-state index in [4.69, 9.17) is 9.05 Å². The number of likely N-dealkylation sites (N-methyl/N-ethyl adjacent to an activating group) is 1. The Morgan fingerprint density at radius 3 is 1.24 bits per heavy atom. The van der Waals surface area contributed by atoms with E-state index in [1.807, 2.05) is 27.2 Å². The Morgan fingerprint density at radius 2 is 0.824 bits per heavy atom. The van der Waals surface area contributed by atoms with Gasteiger partial charge < -0.3 is 19.8 Å². The highest BCUT2D eigenvalue weighted by molar-refractivity contribution is 7.47. The molecule has 432 valence electrons. The van der Waals surface area contributed by atoms with Gasteiger partial charge in [0, 0.05) is 6.42 Å². The van der Waals surface area contributed by atoms with Gasteiger partial charge >= 0.3 is 7.82 Å². The molecule has 0 aromatic carbocycles. The van der Waals surface area contributed by atoms with E-state index in [9.17, 15) is 19.4 Å². The molecule has 8 nitrogen and oxygen atoms in total. The summed E-state index contributed by atoms with van der Waals surface area (Å²) in [4.78, 5) is 23.2. The van der Waals surface area contributed by atoms with Crippen molar-refractivity contribution in [1.82, 2.24) is 5.32 Å². The van der Waals surface area contributed by atoms with Crippen molar-refractivity contribution in [3.8, 4) is 0 Å². The quantitative estimate of drug-likeness (QED) is 0.0243. The first-order chi connectivity index (χ1) is 36.0. The number of phosphoric acid groups is 1. The maximum atomic E-state index is 12.9. The van der Waals surface area contributed by atoms with Crippen LogP contribution < -0.4 is 5.32 Å². The number of nitrogens with zero attached hydrogens (tertiary/aromatic N) is 1. The number of rotatable bonds is 57. The van der Waals surface area contributed by atoms with Crippen molar-refractivity contribution in [2.75, 3.05) is 40.9 Å². The predicted molar refractivity (Wildman–Crippen MR) is 323 cm³/mol. The van der Waals surface area contributed by atoms with Gasteiger partial charge in [-0.25, -0.2) is 4.57 Å². The summed E-state index contributed by atoms with van der Waals surface area (Å²) in [7, 11) is 1.56. The average Bonchev–Trinajstić information content (AvgIpc) is 3.36. The van der Waals surface area contributed by atoms with E-state index in [-0.39, 0.29) is 19.1 Å². The highest BCUT2D eigenvalue weighted by atomic mass is 31.2. The smallest absolute Gasteiger partial charge is 0.387 e. The van der Waals surface area contributed by atoms with Gasteiger partial charge in [-0.2, -0.15) is 0 Å². The molecular formula is C65H122N2O6P+. The zero-order valence-electron chi connectivity index (χ0n) is 49.3. The summed E-state index contributed by atoms with van der Waals surface area (Å²) in [5.41, 5.74) is 0. The Labute approximate surface area is 459 Å². The number of unbranched alkanes of at least 4 members (excludes halogenated alkanes) is 34. The zero-order chi connectivity index (χ0) is 54.2. The number of carbonyl (C=O) groups is 1. The maximum Gasteiger partial charge on any atom is 0.472 e. The Morgan fingerprint density at radius 1 is 0.473 bits per heavy atom. The topological polar surface area (TPSA) is 105 Å². The van der Waals surface area contributed by atoms with E-state index in [1.54, 1.807) is 6.08 Å². The van der Waals surface area contributed by atoms with E-state index in [0.29, 0.717) is 17.4 Å². The Kier molecular flexibility index (Phi) is 54.1. The number of nitrogens with one attached hydrogen (secondary N) is 1. The Balaban J connectivity index is 3.82. The molecule has 0 saturated carbocycles. The van der Waals surface area contributed by atoms with E-state index in [1.165, 1.54) is 199 Å². The van der Waals surface area contributed by atoms with Crippen LogP contribution in [-0.2, 0) is 18.4 Å². The molecule has 3 N–H and O–H groups in total. The van der Waals surface area contributed by atoms with Gasteiger partial charge in [0.1, 0.15) is 13.2 Å². The van der Waals surface area contributed by atoms with Crippen LogP contribution in [0.2, 0.25) is 0 Å². The minimum Gasteiger partial charge on any atom is -0.387 e. The van der Waals surface area contributed by atoms with Gasteiger partial charge in [-0.1, -0.05) is 279 Å². The standard InChI is InChI=1S/C65H121N2O6P/c1-6-8-10-12-14-16-18-19-20-21-22-23-24-25-26-27-28-29-30-31-32-33-34-35-36-37-38-39-40-41-42-43-44-45-46-47-49-51-53-55-57-59-65(69)66-63(62-73-74(70,71)72-61-60-67(3,4)5)64(68)58-56-54-52-50-48-17-15-13-11-9-7-2/h8,10,14,16,19-20,22-23,48,50,56,58,63-64,68H,6-7,9,11-13,15,17-18,21,24-47,49,51-55,57,59-62H2,1-5H3,(H-,66,69,70,71)/p+1/b10-8-,16-14-,20-19-,23-22-,50-48+,58-56+. The molecule has 0 radical (unpaired) electrons. The minimum atomic E-state index is -4.35. The summed E-state index contributed by atoms with van der Waals surface area (Å²) in [6.45, 7) is 4.67. The molecule has 0 aromatic rings. The van der Waals surface area contributed by atoms with Crippen LogP contribution in [-0.4, -0.2) is 73.4 Å². The number of quaternary nitrogens is 1. The molecule has 0 saturated heterocycles. The third-order valence-electron chi connectivity index (χ3n) is 13.9. The van der Waals surface area contributed by atoms with Crippen LogP contribution in [0.5, 0.6) is 0 Å². The van der Waals surface area contributed by atoms with Gasteiger partial charge in [0.05, 0.1) is 39.9 Å². The van der Waals surface area contributed by atoms with Crippen molar-refractivity contribution in [3.05, 3.63) is 72.9 Å². The SMILES string of the molecule is CC/C=C\C/C=C\C/C=C\C/C=C\CCCCCCCCCCCCCCCCCCCCCCCCCCCCCCC(=O)NC(COP(=O)(O)OCC[N+](C)(C)C)C(O)/C=C/CC/C=C/CCCCCCC. The largest absolute Gasteiger partial charge is 0.472 e. The molecule has 0 aliphatic heterocycles. The summed E-state index contributed by atoms with van der Waals surface area (Å²) in [6, 6.07) is -0.862. The second-order valence-corrected chi connectivity index (χ2v) is 23.8. The third-order valence-corrected chi connectivity index (χ3v) is 14.9. The van der Waals surface area contributed by atoms with Crippen LogP contribution in [0.15, 0.2) is 72.9 Å². The summed E-state index contributed by atoms with van der Waals surface area (Å²) in [5.74, 6) is -0.185. The zero-order valence-corrected chi connectivity index (χ0v) is 50.2. The third kappa shape index (κ3) is 57.6. The number of aliphatic hydroxyl groups is 1. The summed E-state index contributed by atoms with van der Waals surface area (Å²) < 4.78 is 23.6. The van der Waals surface area contributed by atoms with E-state index < -0.39 is 20.0 Å².